The van der Waals surface area contributed by atoms with Crippen molar-refractivity contribution in [3.8, 4) is 0 Å². The standard InChI is InChI=1S/C20H22N6O/c1-26(19(27)12-2-3-12)15-8-6-14(7-9-15)23-20-24-17-16(10-11-21-17)18(25-20)22-13-4-5-13/h6-13H,2-5H2,1H3,(H3,21,22,23,24,25)/p+1. The average Bonchev–Trinajstić information content (AvgIpc) is 3.60. The van der Waals surface area contributed by atoms with Crippen molar-refractivity contribution in [1.82, 2.24) is 9.97 Å². The van der Waals surface area contributed by atoms with Crippen LogP contribution < -0.4 is 20.5 Å². The van der Waals surface area contributed by atoms with Gasteiger partial charge < -0.3 is 15.2 Å². The smallest absolute Gasteiger partial charge is 0.336 e. The second kappa shape index (κ2) is 6.26. The fourth-order valence-electron chi connectivity index (χ4n) is 3.22. The molecule has 2 saturated carbocycles. The zero-order valence-corrected chi connectivity index (χ0v) is 15.2. The minimum atomic E-state index is 0.207. The van der Waals surface area contributed by atoms with Crippen molar-refractivity contribution in [3.63, 3.8) is 0 Å². The summed E-state index contributed by atoms with van der Waals surface area (Å²) in [6.45, 7) is 0. The Morgan fingerprint density at radius 1 is 1.19 bits per heavy atom. The zero-order chi connectivity index (χ0) is 18.4. The van der Waals surface area contributed by atoms with E-state index in [1.807, 2.05) is 43.6 Å². The summed E-state index contributed by atoms with van der Waals surface area (Å²) in [7, 11) is 1.84. The lowest BCUT2D eigenvalue weighted by molar-refractivity contribution is -0.345. The van der Waals surface area contributed by atoms with E-state index in [0.717, 1.165) is 41.1 Å². The van der Waals surface area contributed by atoms with Gasteiger partial charge in [0.1, 0.15) is 0 Å². The van der Waals surface area contributed by atoms with Crippen molar-refractivity contribution in [3.05, 3.63) is 36.5 Å². The van der Waals surface area contributed by atoms with Crippen molar-refractivity contribution in [2.75, 3.05) is 22.6 Å². The van der Waals surface area contributed by atoms with Crippen LogP contribution in [0.1, 0.15) is 25.7 Å². The maximum absolute atomic E-state index is 12.2. The fraction of sp³-hybridized carbons (Fsp3) is 0.350. The van der Waals surface area contributed by atoms with Gasteiger partial charge in [-0.25, -0.2) is 4.98 Å². The van der Waals surface area contributed by atoms with Crippen molar-refractivity contribution in [1.29, 1.82) is 0 Å². The summed E-state index contributed by atoms with van der Waals surface area (Å²) in [4.78, 5) is 25.1. The molecule has 2 fully saturated rings. The van der Waals surface area contributed by atoms with Gasteiger partial charge in [-0.1, -0.05) is 4.98 Å². The van der Waals surface area contributed by atoms with Crippen LogP contribution in [0.5, 0.6) is 0 Å². The first-order valence-corrected chi connectivity index (χ1v) is 9.49. The molecule has 7 heteroatoms. The normalized spacial score (nSPS) is 16.3. The molecule has 0 radical (unpaired) electrons. The summed E-state index contributed by atoms with van der Waals surface area (Å²) in [6, 6.07) is 10.4. The third kappa shape index (κ3) is 3.32. The van der Waals surface area contributed by atoms with E-state index in [1.165, 1.54) is 12.8 Å². The Hall–Kier alpha value is -3.09. The zero-order valence-electron chi connectivity index (χ0n) is 15.2. The number of hydrogen-bond acceptors (Lipinski definition) is 4. The lowest BCUT2D eigenvalue weighted by Crippen LogP contribution is -2.27. The van der Waals surface area contributed by atoms with Gasteiger partial charge in [-0.3, -0.25) is 10.1 Å². The number of aromatic nitrogens is 3. The third-order valence-corrected chi connectivity index (χ3v) is 5.16. The SMILES string of the molecule is CN(C(=O)C1CC1)c1ccc(Nc2nc3[nH]ccc3c(NC3CC3)[nH+]2)cc1. The monoisotopic (exact) mass is 363 g/mol. The van der Waals surface area contributed by atoms with Crippen LogP contribution in [0.3, 0.4) is 0 Å². The van der Waals surface area contributed by atoms with E-state index in [-0.39, 0.29) is 11.8 Å². The number of hydrogen-bond donors (Lipinski definition) is 3. The lowest BCUT2D eigenvalue weighted by atomic mass is 10.2. The van der Waals surface area contributed by atoms with Crippen LogP contribution in [0.2, 0.25) is 0 Å². The highest BCUT2D eigenvalue weighted by Crippen LogP contribution is 2.32. The highest BCUT2D eigenvalue weighted by molar-refractivity contribution is 5.96. The van der Waals surface area contributed by atoms with Crippen LogP contribution in [0.15, 0.2) is 36.5 Å². The Morgan fingerprint density at radius 2 is 1.96 bits per heavy atom. The second-order valence-corrected chi connectivity index (χ2v) is 7.46. The van der Waals surface area contributed by atoms with Crippen LogP contribution in [0, 0.1) is 5.92 Å². The molecular formula is C20H23N6O+. The Balaban J connectivity index is 1.35. The molecule has 138 valence electrons. The van der Waals surface area contributed by atoms with Gasteiger partial charge in [0.25, 0.3) is 0 Å². The first-order valence-electron chi connectivity index (χ1n) is 9.49. The number of anilines is 4. The van der Waals surface area contributed by atoms with Gasteiger partial charge >= 0.3 is 5.95 Å². The number of aromatic amines is 2. The number of rotatable bonds is 6. The van der Waals surface area contributed by atoms with Crippen molar-refractivity contribution >= 4 is 40.1 Å². The van der Waals surface area contributed by atoms with Gasteiger partial charge in [0.15, 0.2) is 0 Å². The van der Waals surface area contributed by atoms with Crippen LogP contribution in [-0.2, 0) is 4.79 Å². The lowest BCUT2D eigenvalue weighted by Gasteiger charge is -2.17. The van der Waals surface area contributed by atoms with Crippen LogP contribution in [0.25, 0.3) is 11.0 Å². The van der Waals surface area contributed by atoms with Crippen molar-refractivity contribution in [2.24, 2.45) is 5.92 Å². The number of carbonyl (C=O) groups is 1. The Bertz CT molecular complexity index is 987. The maximum atomic E-state index is 12.2. The van der Waals surface area contributed by atoms with Gasteiger partial charge in [-0.15, -0.1) is 0 Å². The average molecular weight is 363 g/mol. The molecule has 3 aromatic rings. The highest BCUT2D eigenvalue weighted by Gasteiger charge is 2.32. The number of benzene rings is 1. The molecule has 0 unspecified atom stereocenters. The van der Waals surface area contributed by atoms with Crippen LogP contribution >= 0.6 is 0 Å². The summed E-state index contributed by atoms with van der Waals surface area (Å²) in [5.74, 6) is 2.08. The van der Waals surface area contributed by atoms with E-state index in [9.17, 15) is 4.79 Å². The van der Waals surface area contributed by atoms with E-state index in [1.54, 1.807) is 4.90 Å². The van der Waals surface area contributed by atoms with Crippen molar-refractivity contribution in [2.45, 2.75) is 31.7 Å². The predicted octanol–water partition coefficient (Wildman–Crippen LogP) is 3.07. The Labute approximate surface area is 157 Å². The Morgan fingerprint density at radius 3 is 2.67 bits per heavy atom. The molecule has 2 aliphatic carbocycles. The minimum absolute atomic E-state index is 0.207. The number of nitrogens with one attached hydrogen (secondary N) is 4. The maximum Gasteiger partial charge on any atom is 0.351 e. The Kier molecular flexibility index (Phi) is 3.74. The number of H-pyrrole nitrogens is 2. The molecule has 1 aromatic carbocycles. The van der Waals surface area contributed by atoms with Gasteiger partial charge in [0.2, 0.25) is 17.4 Å². The molecule has 2 heterocycles. The van der Waals surface area contributed by atoms with E-state index < -0.39 is 0 Å². The molecule has 1 amide bonds. The summed E-state index contributed by atoms with van der Waals surface area (Å²) in [5.41, 5.74) is 2.66. The largest absolute Gasteiger partial charge is 0.351 e. The van der Waals surface area contributed by atoms with Crippen LogP contribution in [-0.4, -0.2) is 29.0 Å². The molecule has 2 aliphatic rings. The second-order valence-electron chi connectivity index (χ2n) is 7.46. The van der Waals surface area contributed by atoms with Gasteiger partial charge in [-0.2, -0.15) is 0 Å². The molecule has 0 spiro atoms. The fourth-order valence-corrected chi connectivity index (χ4v) is 3.22. The molecule has 5 rings (SSSR count). The topological polar surface area (TPSA) is 87.2 Å². The molecule has 2 aromatic heterocycles. The number of nitrogens with zero attached hydrogens (tertiary/aromatic N) is 2. The van der Waals surface area contributed by atoms with Gasteiger partial charge in [0.05, 0.1) is 17.1 Å². The van der Waals surface area contributed by atoms with Crippen molar-refractivity contribution < 1.29 is 9.78 Å². The van der Waals surface area contributed by atoms with E-state index in [2.05, 4.69) is 25.6 Å². The number of fused-ring (bicyclic) bond motifs is 1. The molecule has 7 nitrogen and oxygen atoms in total. The minimum Gasteiger partial charge on any atom is -0.336 e. The quantitative estimate of drug-likeness (QED) is 0.628. The summed E-state index contributed by atoms with van der Waals surface area (Å²) >= 11 is 0. The first-order chi connectivity index (χ1) is 13.2. The number of amides is 1. The first kappa shape index (κ1) is 16.1. The van der Waals surface area contributed by atoms with Gasteiger partial charge in [0, 0.05) is 24.8 Å². The summed E-state index contributed by atoms with van der Waals surface area (Å²) < 4.78 is 0. The van der Waals surface area contributed by atoms with E-state index in [0.29, 0.717) is 12.0 Å². The van der Waals surface area contributed by atoms with Gasteiger partial charge in [-0.05, 0) is 56.0 Å². The predicted molar refractivity (Wildman–Crippen MR) is 105 cm³/mol. The molecule has 0 aliphatic heterocycles. The highest BCUT2D eigenvalue weighted by atomic mass is 16.2. The molecular weight excluding hydrogens is 340 g/mol. The third-order valence-electron chi connectivity index (χ3n) is 5.16. The molecule has 0 atom stereocenters. The summed E-state index contributed by atoms with van der Waals surface area (Å²) in [6.07, 6.45) is 6.35. The molecule has 4 N–H and O–H groups in total. The van der Waals surface area contributed by atoms with E-state index in [4.69, 9.17) is 0 Å². The molecule has 27 heavy (non-hydrogen) atoms. The summed E-state index contributed by atoms with van der Waals surface area (Å²) in [5, 5.41) is 7.90. The molecule has 0 bridgehead atoms. The van der Waals surface area contributed by atoms with E-state index >= 15 is 0 Å². The molecule has 0 saturated heterocycles. The van der Waals surface area contributed by atoms with Crippen LogP contribution in [0.4, 0.5) is 23.1 Å². The number of carbonyl (C=O) groups excluding carboxylic acids is 1.